The molecule has 0 unspecified atom stereocenters. The lowest BCUT2D eigenvalue weighted by Gasteiger charge is -2.13. The first-order chi connectivity index (χ1) is 16.7. The Morgan fingerprint density at radius 2 is 1.86 bits per heavy atom. The fourth-order valence-electron chi connectivity index (χ4n) is 3.18. The van der Waals surface area contributed by atoms with Gasteiger partial charge in [0, 0.05) is 15.7 Å². The first kappa shape index (κ1) is 25.0. The second-order valence-corrected chi connectivity index (χ2v) is 9.27. The Labute approximate surface area is 223 Å². The number of methoxy groups -OCH3 is 1. The zero-order valence-electron chi connectivity index (χ0n) is 18.0. The number of hydrogen-bond donors (Lipinski definition) is 0. The average molecular weight is 625 g/mol. The van der Waals surface area contributed by atoms with E-state index in [9.17, 15) is 14.9 Å². The maximum absolute atomic E-state index is 12.4. The maximum atomic E-state index is 12.4. The van der Waals surface area contributed by atoms with Crippen molar-refractivity contribution in [3.8, 4) is 11.5 Å². The molecule has 0 aromatic heterocycles. The molecule has 3 aromatic rings. The van der Waals surface area contributed by atoms with Crippen LogP contribution in [0.4, 0.5) is 5.69 Å². The quantitative estimate of drug-likeness (QED) is 0.0986. The van der Waals surface area contributed by atoms with Crippen molar-refractivity contribution in [2.75, 3.05) is 7.11 Å². The van der Waals surface area contributed by atoms with E-state index in [0.29, 0.717) is 33.2 Å². The van der Waals surface area contributed by atoms with Gasteiger partial charge in [0.25, 0.3) is 5.69 Å². The summed E-state index contributed by atoms with van der Waals surface area (Å²) in [5.74, 6) is 0.121. The summed E-state index contributed by atoms with van der Waals surface area (Å²) in [6, 6.07) is 14.5. The van der Waals surface area contributed by atoms with Crippen LogP contribution in [0.3, 0.4) is 0 Å². The van der Waals surface area contributed by atoms with Crippen LogP contribution in [0.5, 0.6) is 11.5 Å². The lowest BCUT2D eigenvalue weighted by molar-refractivity contribution is -0.384. The van der Waals surface area contributed by atoms with E-state index >= 15 is 0 Å². The lowest BCUT2D eigenvalue weighted by Crippen LogP contribution is -2.06. The third-order valence-corrected chi connectivity index (χ3v) is 6.15. The summed E-state index contributed by atoms with van der Waals surface area (Å²) in [5, 5.41) is 11.5. The highest BCUT2D eigenvalue weighted by Crippen LogP contribution is 2.38. The molecule has 35 heavy (non-hydrogen) atoms. The number of carbonyl (C=O) groups excluding carboxylic acids is 1. The number of esters is 1. The zero-order chi connectivity index (χ0) is 25.1. The van der Waals surface area contributed by atoms with E-state index in [2.05, 4.69) is 27.6 Å². The molecule has 0 atom stereocenters. The molecule has 0 N–H and O–H groups in total. The molecule has 0 aliphatic carbocycles. The molecule has 0 fully saturated rings. The number of cyclic esters (lactones) is 1. The van der Waals surface area contributed by atoms with Crippen molar-refractivity contribution in [2.24, 2.45) is 4.99 Å². The van der Waals surface area contributed by atoms with E-state index in [0.717, 1.165) is 3.57 Å². The average Bonchev–Trinajstić information content (AvgIpc) is 3.19. The number of ether oxygens (including phenoxy) is 3. The number of benzene rings is 3. The van der Waals surface area contributed by atoms with Crippen molar-refractivity contribution >= 4 is 69.4 Å². The number of halogens is 3. The number of nitro groups is 1. The van der Waals surface area contributed by atoms with Crippen molar-refractivity contribution in [3.05, 3.63) is 101 Å². The Bertz CT molecular complexity index is 1390. The van der Waals surface area contributed by atoms with Crippen LogP contribution < -0.4 is 9.47 Å². The molecule has 0 amide bonds. The number of nitrogens with zero attached hydrogens (tertiary/aromatic N) is 2. The number of hydrogen-bond acceptors (Lipinski definition) is 7. The maximum Gasteiger partial charge on any atom is 0.363 e. The minimum atomic E-state index is -0.622. The summed E-state index contributed by atoms with van der Waals surface area (Å²) in [5.41, 5.74) is 1.83. The highest BCUT2D eigenvalue weighted by atomic mass is 127. The van der Waals surface area contributed by atoms with Gasteiger partial charge in [-0.15, -0.1) is 0 Å². The fourth-order valence-corrected chi connectivity index (χ4v) is 4.14. The Morgan fingerprint density at radius 3 is 2.54 bits per heavy atom. The monoisotopic (exact) mass is 624 g/mol. The summed E-state index contributed by atoms with van der Waals surface area (Å²) < 4.78 is 17.5. The van der Waals surface area contributed by atoms with E-state index in [1.807, 2.05) is 6.07 Å². The van der Waals surface area contributed by atoms with Crippen molar-refractivity contribution < 1.29 is 23.9 Å². The van der Waals surface area contributed by atoms with Crippen LogP contribution in [-0.4, -0.2) is 23.9 Å². The number of carbonyl (C=O) groups is 1. The molecule has 4 rings (SSSR count). The largest absolute Gasteiger partial charge is 0.493 e. The predicted octanol–water partition coefficient (Wildman–Crippen LogP) is 6.44. The van der Waals surface area contributed by atoms with Gasteiger partial charge >= 0.3 is 5.97 Å². The van der Waals surface area contributed by atoms with Gasteiger partial charge in [0.05, 0.1) is 27.6 Å². The van der Waals surface area contributed by atoms with Crippen LogP contribution in [0.15, 0.2) is 65.3 Å². The Hall–Kier alpha value is -3.15. The molecule has 0 bridgehead atoms. The molecule has 3 aromatic carbocycles. The van der Waals surface area contributed by atoms with Crippen LogP contribution >= 0.6 is 45.8 Å². The third kappa shape index (κ3) is 5.75. The van der Waals surface area contributed by atoms with E-state index in [-0.39, 0.29) is 28.9 Å². The fraction of sp³-hybridized carbons (Fsp3) is 0.0833. The lowest BCUT2D eigenvalue weighted by atomic mass is 10.1. The van der Waals surface area contributed by atoms with Gasteiger partial charge in [0.15, 0.2) is 17.2 Å². The van der Waals surface area contributed by atoms with Crippen LogP contribution in [0, 0.1) is 13.7 Å². The van der Waals surface area contributed by atoms with Crippen LogP contribution in [0.2, 0.25) is 10.0 Å². The normalized spacial score (nSPS) is 14.0. The number of rotatable bonds is 7. The molecule has 8 nitrogen and oxygen atoms in total. The van der Waals surface area contributed by atoms with Crippen molar-refractivity contribution in [1.82, 2.24) is 0 Å². The topological polar surface area (TPSA) is 100 Å². The van der Waals surface area contributed by atoms with E-state index < -0.39 is 10.9 Å². The molecule has 11 heteroatoms. The molecule has 1 aliphatic rings. The van der Waals surface area contributed by atoms with E-state index in [4.69, 9.17) is 37.4 Å². The van der Waals surface area contributed by atoms with E-state index in [1.165, 1.54) is 25.3 Å². The number of aliphatic imine (C=N–C) groups is 1. The minimum Gasteiger partial charge on any atom is -0.493 e. The summed E-state index contributed by atoms with van der Waals surface area (Å²) in [4.78, 5) is 27.0. The van der Waals surface area contributed by atoms with Crippen molar-refractivity contribution in [3.63, 3.8) is 0 Å². The summed E-state index contributed by atoms with van der Waals surface area (Å²) in [7, 11) is 1.46. The molecule has 0 saturated carbocycles. The Kier molecular flexibility index (Phi) is 7.58. The van der Waals surface area contributed by atoms with Crippen LogP contribution in [0.25, 0.3) is 6.08 Å². The highest BCUT2D eigenvalue weighted by molar-refractivity contribution is 14.1. The van der Waals surface area contributed by atoms with Crippen molar-refractivity contribution in [2.45, 2.75) is 6.61 Å². The highest BCUT2D eigenvalue weighted by Gasteiger charge is 2.26. The van der Waals surface area contributed by atoms with Gasteiger partial charge in [-0.05, 0) is 82.3 Å². The molecule has 0 spiro atoms. The van der Waals surface area contributed by atoms with Crippen LogP contribution in [-0.2, 0) is 16.1 Å². The standard InChI is InChI=1S/C24H15Cl2IN2O6/c1-33-21-10-14(8-19(26)22(21)34-12-13-2-5-16(6-3-13)29(31)32)9-20-24(30)35-23(28-20)17-11-15(27)4-7-18(17)25/h2-11H,12H2,1H3/b20-9-. The molecule has 1 aliphatic heterocycles. The molecule has 0 saturated heterocycles. The summed E-state index contributed by atoms with van der Waals surface area (Å²) >= 11 is 14.8. The third-order valence-electron chi connectivity index (χ3n) is 4.86. The molecular formula is C24H15Cl2IN2O6. The Balaban J connectivity index is 1.57. The summed E-state index contributed by atoms with van der Waals surface area (Å²) in [6.07, 6.45) is 1.52. The molecule has 178 valence electrons. The summed E-state index contributed by atoms with van der Waals surface area (Å²) in [6.45, 7) is 0.116. The molecule has 0 radical (unpaired) electrons. The van der Waals surface area contributed by atoms with Gasteiger partial charge in [0.1, 0.15) is 6.61 Å². The predicted molar refractivity (Wildman–Crippen MR) is 140 cm³/mol. The SMILES string of the molecule is COc1cc(/C=C2\N=C(c3cc(I)ccc3Cl)OC2=O)cc(Cl)c1OCc1ccc([N+](=O)[O-])cc1. The molecular weight excluding hydrogens is 610 g/mol. The Morgan fingerprint density at radius 1 is 1.11 bits per heavy atom. The molecule has 1 heterocycles. The van der Waals surface area contributed by atoms with Gasteiger partial charge in [-0.25, -0.2) is 9.79 Å². The van der Waals surface area contributed by atoms with Crippen molar-refractivity contribution in [1.29, 1.82) is 0 Å². The smallest absolute Gasteiger partial charge is 0.363 e. The number of non-ortho nitro benzene ring substituents is 1. The van der Waals surface area contributed by atoms with Crippen LogP contribution in [0.1, 0.15) is 16.7 Å². The van der Waals surface area contributed by atoms with E-state index in [1.54, 1.807) is 36.4 Å². The van der Waals surface area contributed by atoms with Gasteiger partial charge in [-0.2, -0.15) is 0 Å². The first-order valence-corrected chi connectivity index (χ1v) is 11.8. The zero-order valence-corrected chi connectivity index (χ0v) is 21.6. The number of nitro benzene ring substituents is 1. The second kappa shape index (κ2) is 10.6. The second-order valence-electron chi connectivity index (χ2n) is 7.21. The first-order valence-electron chi connectivity index (χ1n) is 9.97. The van der Waals surface area contributed by atoms with Gasteiger partial charge < -0.3 is 14.2 Å². The minimum absolute atomic E-state index is 0.0118. The van der Waals surface area contributed by atoms with Gasteiger partial charge in [0.2, 0.25) is 5.90 Å². The van der Waals surface area contributed by atoms with Gasteiger partial charge in [-0.3, -0.25) is 10.1 Å². The van der Waals surface area contributed by atoms with Gasteiger partial charge in [-0.1, -0.05) is 23.2 Å².